The Hall–Kier alpha value is -3.09. The molecule has 0 atom stereocenters. The van der Waals surface area contributed by atoms with Crippen molar-refractivity contribution in [2.45, 2.75) is 0 Å². The predicted molar refractivity (Wildman–Crippen MR) is 86.0 cm³/mol. The minimum Gasteiger partial charge on any atom is -0.504 e. The lowest BCUT2D eigenvalue weighted by Crippen LogP contribution is -1.98. The number of methoxy groups -OCH3 is 1. The smallest absolute Gasteiger partial charge is 0.166 e. The number of hydrogen-bond donors (Lipinski definition) is 1. The van der Waals surface area contributed by atoms with Crippen molar-refractivity contribution in [2.24, 2.45) is 10.3 Å². The standard InChI is InChI=1S/C16H17N3O4/c1-21-15-7-4-5-13(16(15)20)11-18-22-9-10-23-19-12-14-6-2-3-8-17-14/h2-8,11-12,20H,9-10H2,1H3/b18-11+,19-12+. The second-order valence-corrected chi connectivity index (χ2v) is 4.29. The summed E-state index contributed by atoms with van der Waals surface area (Å²) in [6, 6.07) is 10.6. The SMILES string of the molecule is COc1cccc(/C=N/OCCO/N=C/c2ccccn2)c1O. The van der Waals surface area contributed by atoms with Crippen molar-refractivity contribution >= 4 is 12.4 Å². The van der Waals surface area contributed by atoms with Gasteiger partial charge in [-0.1, -0.05) is 22.4 Å². The summed E-state index contributed by atoms with van der Waals surface area (Å²) in [5.41, 5.74) is 1.21. The molecular weight excluding hydrogens is 298 g/mol. The maximum absolute atomic E-state index is 9.85. The molecule has 0 aliphatic carbocycles. The summed E-state index contributed by atoms with van der Waals surface area (Å²) in [4.78, 5) is 14.1. The Balaban J connectivity index is 1.68. The quantitative estimate of drug-likeness (QED) is 0.458. The van der Waals surface area contributed by atoms with E-state index < -0.39 is 0 Å². The molecule has 7 heteroatoms. The normalized spacial score (nSPS) is 11.0. The summed E-state index contributed by atoms with van der Waals surface area (Å²) >= 11 is 0. The van der Waals surface area contributed by atoms with Crippen LogP contribution in [0.5, 0.6) is 11.5 Å². The third kappa shape index (κ3) is 5.31. The number of rotatable bonds is 8. The van der Waals surface area contributed by atoms with Crippen molar-refractivity contribution in [1.29, 1.82) is 0 Å². The van der Waals surface area contributed by atoms with Crippen LogP contribution in [0, 0.1) is 0 Å². The summed E-state index contributed by atoms with van der Waals surface area (Å²) in [6.07, 6.45) is 4.58. The highest BCUT2D eigenvalue weighted by Crippen LogP contribution is 2.27. The van der Waals surface area contributed by atoms with Crippen LogP contribution in [0.15, 0.2) is 52.9 Å². The molecule has 0 aliphatic heterocycles. The van der Waals surface area contributed by atoms with Gasteiger partial charge < -0.3 is 19.5 Å². The van der Waals surface area contributed by atoms with E-state index >= 15 is 0 Å². The fourth-order valence-electron chi connectivity index (χ4n) is 1.63. The Morgan fingerprint density at radius 1 is 1.04 bits per heavy atom. The van der Waals surface area contributed by atoms with Gasteiger partial charge in [0.15, 0.2) is 24.7 Å². The number of aromatic hydroxyl groups is 1. The number of benzene rings is 1. The van der Waals surface area contributed by atoms with E-state index in [4.69, 9.17) is 14.4 Å². The lowest BCUT2D eigenvalue weighted by Gasteiger charge is -2.04. The number of oxime groups is 2. The van der Waals surface area contributed by atoms with Crippen molar-refractivity contribution < 1.29 is 19.5 Å². The molecule has 1 aromatic heterocycles. The first-order valence-corrected chi connectivity index (χ1v) is 6.89. The predicted octanol–water partition coefficient (Wildman–Crippen LogP) is 2.20. The number of phenolic OH excluding ortho intramolecular Hbond substituents is 1. The van der Waals surface area contributed by atoms with E-state index in [0.29, 0.717) is 17.0 Å². The van der Waals surface area contributed by atoms with Gasteiger partial charge >= 0.3 is 0 Å². The summed E-state index contributed by atoms with van der Waals surface area (Å²) in [7, 11) is 1.48. The highest BCUT2D eigenvalue weighted by Gasteiger charge is 2.04. The van der Waals surface area contributed by atoms with Crippen molar-refractivity contribution in [3.05, 3.63) is 53.9 Å². The van der Waals surface area contributed by atoms with Gasteiger partial charge in [0.05, 0.1) is 25.2 Å². The number of phenols is 1. The molecule has 7 nitrogen and oxygen atoms in total. The molecule has 0 bridgehead atoms. The molecule has 23 heavy (non-hydrogen) atoms. The highest BCUT2D eigenvalue weighted by atomic mass is 16.7. The van der Waals surface area contributed by atoms with Crippen molar-refractivity contribution in [3.8, 4) is 11.5 Å². The molecule has 2 aromatic rings. The van der Waals surface area contributed by atoms with E-state index in [2.05, 4.69) is 15.3 Å². The van der Waals surface area contributed by atoms with Gasteiger partial charge in [0, 0.05) is 11.8 Å². The minimum absolute atomic E-state index is 0.0126. The van der Waals surface area contributed by atoms with Crippen LogP contribution in [-0.2, 0) is 9.68 Å². The van der Waals surface area contributed by atoms with E-state index in [-0.39, 0.29) is 19.0 Å². The highest BCUT2D eigenvalue weighted by molar-refractivity contribution is 5.84. The molecule has 0 radical (unpaired) electrons. The zero-order valence-corrected chi connectivity index (χ0v) is 12.6. The Morgan fingerprint density at radius 3 is 2.52 bits per heavy atom. The zero-order chi connectivity index (χ0) is 16.3. The van der Waals surface area contributed by atoms with Gasteiger partial charge in [-0.05, 0) is 24.3 Å². The average molecular weight is 315 g/mol. The molecule has 0 spiro atoms. The number of pyridine rings is 1. The zero-order valence-electron chi connectivity index (χ0n) is 12.6. The molecule has 120 valence electrons. The first-order chi connectivity index (χ1) is 11.3. The van der Waals surface area contributed by atoms with Crippen LogP contribution < -0.4 is 4.74 Å². The first kappa shape index (κ1) is 16.3. The van der Waals surface area contributed by atoms with Crippen molar-refractivity contribution in [1.82, 2.24) is 4.98 Å². The van der Waals surface area contributed by atoms with E-state index in [0.717, 1.165) is 0 Å². The van der Waals surface area contributed by atoms with Crippen LogP contribution in [0.1, 0.15) is 11.3 Å². The molecule has 0 saturated carbocycles. The number of aromatic nitrogens is 1. The molecule has 0 unspecified atom stereocenters. The molecule has 0 saturated heterocycles. The molecule has 0 fully saturated rings. The number of para-hydroxylation sites is 1. The van der Waals surface area contributed by atoms with Gasteiger partial charge in [0.25, 0.3) is 0 Å². The monoisotopic (exact) mass is 315 g/mol. The first-order valence-electron chi connectivity index (χ1n) is 6.89. The Morgan fingerprint density at radius 2 is 1.83 bits per heavy atom. The maximum Gasteiger partial charge on any atom is 0.166 e. The molecule has 0 aliphatic rings. The summed E-state index contributed by atoms with van der Waals surface area (Å²) < 4.78 is 5.00. The van der Waals surface area contributed by atoms with Crippen LogP contribution in [0.4, 0.5) is 0 Å². The third-order valence-corrected chi connectivity index (χ3v) is 2.73. The van der Waals surface area contributed by atoms with Gasteiger partial charge in [-0.25, -0.2) is 0 Å². The van der Waals surface area contributed by atoms with E-state index in [9.17, 15) is 5.11 Å². The second kappa shape index (κ2) is 9.04. The molecule has 0 amide bonds. The molecule has 1 aromatic carbocycles. The van der Waals surface area contributed by atoms with Gasteiger partial charge in [-0.3, -0.25) is 4.98 Å². The number of hydrogen-bond acceptors (Lipinski definition) is 7. The van der Waals surface area contributed by atoms with Crippen molar-refractivity contribution in [2.75, 3.05) is 20.3 Å². The Kier molecular flexibility index (Phi) is 6.40. The van der Waals surface area contributed by atoms with Crippen molar-refractivity contribution in [3.63, 3.8) is 0 Å². The molecule has 1 heterocycles. The van der Waals surface area contributed by atoms with Gasteiger partial charge in [-0.2, -0.15) is 0 Å². The van der Waals surface area contributed by atoms with Gasteiger partial charge in [-0.15, -0.1) is 0 Å². The van der Waals surface area contributed by atoms with Crippen LogP contribution in [0.25, 0.3) is 0 Å². The van der Waals surface area contributed by atoms with Gasteiger partial charge in [0.1, 0.15) is 0 Å². The van der Waals surface area contributed by atoms with E-state index in [1.165, 1.54) is 19.5 Å². The minimum atomic E-state index is 0.0126. The summed E-state index contributed by atoms with van der Waals surface area (Å²) in [6.45, 7) is 0.464. The lowest BCUT2D eigenvalue weighted by atomic mass is 10.2. The summed E-state index contributed by atoms with van der Waals surface area (Å²) in [5, 5.41) is 17.4. The molecular formula is C16H17N3O4. The van der Waals surface area contributed by atoms with Crippen LogP contribution in [0.3, 0.4) is 0 Å². The maximum atomic E-state index is 9.85. The van der Waals surface area contributed by atoms with Crippen LogP contribution in [-0.4, -0.2) is 42.8 Å². The van der Waals surface area contributed by atoms with E-state index in [1.807, 2.05) is 18.2 Å². The van der Waals surface area contributed by atoms with Gasteiger partial charge in [0.2, 0.25) is 0 Å². The molecule has 1 N–H and O–H groups in total. The van der Waals surface area contributed by atoms with Crippen LogP contribution >= 0.6 is 0 Å². The second-order valence-electron chi connectivity index (χ2n) is 4.29. The topological polar surface area (TPSA) is 85.5 Å². The number of ether oxygens (including phenoxy) is 1. The largest absolute Gasteiger partial charge is 0.504 e. The molecule has 2 rings (SSSR count). The fraction of sp³-hybridized carbons (Fsp3) is 0.188. The van der Waals surface area contributed by atoms with E-state index in [1.54, 1.807) is 24.4 Å². The Labute approximate surface area is 133 Å². The lowest BCUT2D eigenvalue weighted by molar-refractivity contribution is 0.0553. The number of nitrogens with zero attached hydrogens (tertiary/aromatic N) is 3. The third-order valence-electron chi connectivity index (χ3n) is 2.73. The fourth-order valence-corrected chi connectivity index (χ4v) is 1.63. The average Bonchev–Trinajstić information content (AvgIpc) is 2.59. The van der Waals surface area contributed by atoms with Crippen LogP contribution in [0.2, 0.25) is 0 Å². The Bertz CT molecular complexity index is 660. The summed E-state index contributed by atoms with van der Waals surface area (Å²) in [5.74, 6) is 0.389.